The van der Waals surface area contributed by atoms with E-state index in [1.807, 2.05) is 31.2 Å². The number of rotatable bonds is 6. The van der Waals surface area contributed by atoms with Crippen LogP contribution in [-0.4, -0.2) is 28.3 Å². The highest BCUT2D eigenvalue weighted by Gasteiger charge is 2.25. The largest absolute Gasteiger partial charge is 0.493 e. The van der Waals surface area contributed by atoms with Gasteiger partial charge >= 0.3 is 0 Å². The van der Waals surface area contributed by atoms with Crippen molar-refractivity contribution in [2.24, 2.45) is 11.0 Å². The van der Waals surface area contributed by atoms with Gasteiger partial charge in [0, 0.05) is 10.4 Å². The third-order valence-corrected chi connectivity index (χ3v) is 6.80. The van der Waals surface area contributed by atoms with Gasteiger partial charge < -0.3 is 4.74 Å². The number of aryl methyl sites for hydroxylation is 1. The third-order valence-electron chi connectivity index (χ3n) is 5.63. The molecule has 8 heteroatoms. The Hall–Kier alpha value is -3.00. The molecule has 0 saturated heterocycles. The number of nitrogens with zero attached hydrogens (tertiary/aromatic N) is 3. The van der Waals surface area contributed by atoms with Gasteiger partial charge in [-0.05, 0) is 56.7 Å². The van der Waals surface area contributed by atoms with E-state index in [4.69, 9.17) is 4.74 Å². The molecular weight excluding hydrogens is 412 g/mol. The van der Waals surface area contributed by atoms with Crippen LogP contribution in [0.1, 0.15) is 49.2 Å². The number of aromatic nitrogens is 2. The van der Waals surface area contributed by atoms with Crippen LogP contribution in [0.5, 0.6) is 5.75 Å². The maximum Gasteiger partial charge on any atom is 0.263 e. The number of ether oxygens (including phenoxy) is 1. The minimum atomic E-state index is -0.734. The molecular formula is C23H26N4O3S. The van der Waals surface area contributed by atoms with Crippen molar-refractivity contribution >= 4 is 33.7 Å². The number of hydrogen-bond acceptors (Lipinski definition) is 6. The number of para-hydroxylation sites is 1. The summed E-state index contributed by atoms with van der Waals surface area (Å²) in [4.78, 5) is 32.4. The second kappa shape index (κ2) is 9.01. The first-order valence-corrected chi connectivity index (χ1v) is 11.4. The Morgan fingerprint density at radius 2 is 2.26 bits per heavy atom. The molecule has 31 heavy (non-hydrogen) atoms. The van der Waals surface area contributed by atoms with E-state index in [2.05, 4.69) is 22.4 Å². The molecule has 1 amide bonds. The summed E-state index contributed by atoms with van der Waals surface area (Å²) in [5.74, 6) is 0.933. The van der Waals surface area contributed by atoms with E-state index in [1.165, 1.54) is 22.0 Å². The number of hydrazone groups is 1. The molecule has 0 fully saturated rings. The Kier molecular flexibility index (Phi) is 6.18. The van der Waals surface area contributed by atoms with E-state index in [-0.39, 0.29) is 11.5 Å². The molecule has 0 radical (unpaired) electrons. The van der Waals surface area contributed by atoms with Gasteiger partial charge in [0.2, 0.25) is 0 Å². The standard InChI is InChI=1S/C23H26N4O3S/c1-4-30-18-8-6-5-7-16(18)12-25-26-21(28)15(3)27-13-24-22-20(23(27)29)17-10-9-14(2)11-19(17)31-22/h5-8,12-15H,4,9-11H2,1-3H3,(H,26,28)/t14-,15+/m1/s1. The number of nitrogens with one attached hydrogen (secondary N) is 1. The predicted octanol–water partition coefficient (Wildman–Crippen LogP) is 3.69. The van der Waals surface area contributed by atoms with Crippen LogP contribution in [0, 0.1) is 5.92 Å². The summed E-state index contributed by atoms with van der Waals surface area (Å²) in [7, 11) is 0. The summed E-state index contributed by atoms with van der Waals surface area (Å²) in [6, 6.07) is 6.71. The monoisotopic (exact) mass is 438 g/mol. The van der Waals surface area contributed by atoms with Crippen LogP contribution in [0.2, 0.25) is 0 Å². The number of thiophene rings is 1. The quantitative estimate of drug-likeness (QED) is 0.470. The molecule has 2 atom stereocenters. The van der Waals surface area contributed by atoms with Crippen LogP contribution in [0.4, 0.5) is 0 Å². The molecule has 0 saturated carbocycles. The molecule has 1 aromatic carbocycles. The molecule has 1 aliphatic carbocycles. The highest BCUT2D eigenvalue weighted by Crippen LogP contribution is 2.35. The zero-order valence-electron chi connectivity index (χ0n) is 17.9. The van der Waals surface area contributed by atoms with Crippen molar-refractivity contribution in [2.75, 3.05) is 6.61 Å². The Morgan fingerprint density at radius 3 is 3.06 bits per heavy atom. The molecule has 3 aromatic rings. The summed E-state index contributed by atoms with van der Waals surface area (Å²) in [5, 5.41) is 4.72. The molecule has 0 unspecified atom stereocenters. The van der Waals surface area contributed by atoms with Gasteiger partial charge in [-0.3, -0.25) is 14.2 Å². The number of benzene rings is 1. The third kappa shape index (κ3) is 4.25. The first-order chi connectivity index (χ1) is 15.0. The van der Waals surface area contributed by atoms with Gasteiger partial charge in [-0.2, -0.15) is 5.10 Å². The van der Waals surface area contributed by atoms with Crippen molar-refractivity contribution in [1.29, 1.82) is 0 Å². The van der Waals surface area contributed by atoms with Gasteiger partial charge in [0.25, 0.3) is 11.5 Å². The number of carbonyl (C=O) groups is 1. The lowest BCUT2D eigenvalue weighted by molar-refractivity contribution is -0.123. The SMILES string of the molecule is CCOc1ccccc1C=NNC(=O)[C@H](C)n1cnc2sc3c(c2c1=O)CC[C@@H](C)C3. The fraction of sp³-hybridized carbons (Fsp3) is 0.391. The molecule has 2 aromatic heterocycles. The van der Waals surface area contributed by atoms with E-state index in [0.717, 1.165) is 35.2 Å². The molecule has 1 aliphatic rings. The summed E-state index contributed by atoms with van der Waals surface area (Å²) in [6.45, 7) is 6.36. The second-order valence-corrected chi connectivity index (χ2v) is 8.95. The Bertz CT molecular complexity index is 1200. The van der Waals surface area contributed by atoms with Gasteiger partial charge in [0.05, 0.1) is 24.5 Å². The van der Waals surface area contributed by atoms with Crippen molar-refractivity contribution in [1.82, 2.24) is 15.0 Å². The number of fused-ring (bicyclic) bond motifs is 3. The lowest BCUT2D eigenvalue weighted by Gasteiger charge is -2.18. The summed E-state index contributed by atoms with van der Waals surface area (Å²) < 4.78 is 6.95. The van der Waals surface area contributed by atoms with Crippen LogP contribution < -0.4 is 15.7 Å². The fourth-order valence-corrected chi connectivity index (χ4v) is 5.22. The zero-order valence-corrected chi connectivity index (χ0v) is 18.7. The van der Waals surface area contributed by atoms with Crippen molar-refractivity contribution in [2.45, 2.75) is 46.1 Å². The molecule has 1 N–H and O–H groups in total. The smallest absolute Gasteiger partial charge is 0.263 e. The van der Waals surface area contributed by atoms with Gasteiger partial charge in [-0.15, -0.1) is 11.3 Å². The summed E-state index contributed by atoms with van der Waals surface area (Å²) in [6.07, 6.45) is 5.96. The maximum absolute atomic E-state index is 13.2. The molecule has 2 heterocycles. The van der Waals surface area contributed by atoms with Crippen LogP contribution in [0.25, 0.3) is 10.2 Å². The second-order valence-electron chi connectivity index (χ2n) is 7.87. The predicted molar refractivity (Wildman–Crippen MR) is 123 cm³/mol. The Labute approximate surface area is 184 Å². The molecule has 0 spiro atoms. The Balaban J connectivity index is 1.54. The molecule has 4 rings (SSSR count). The van der Waals surface area contributed by atoms with E-state index in [9.17, 15) is 9.59 Å². The topological polar surface area (TPSA) is 85.6 Å². The minimum Gasteiger partial charge on any atom is -0.493 e. The molecule has 0 aliphatic heterocycles. The van der Waals surface area contributed by atoms with E-state index in [0.29, 0.717) is 23.7 Å². The highest BCUT2D eigenvalue weighted by molar-refractivity contribution is 7.18. The summed E-state index contributed by atoms with van der Waals surface area (Å²) in [5.41, 5.74) is 4.24. The first-order valence-electron chi connectivity index (χ1n) is 10.6. The normalized spacial score (nSPS) is 16.9. The lowest BCUT2D eigenvalue weighted by atomic mass is 9.89. The van der Waals surface area contributed by atoms with Crippen LogP contribution in [0.3, 0.4) is 0 Å². The van der Waals surface area contributed by atoms with Gasteiger partial charge in [-0.1, -0.05) is 19.1 Å². The average Bonchev–Trinajstić information content (AvgIpc) is 3.13. The van der Waals surface area contributed by atoms with Gasteiger partial charge in [-0.25, -0.2) is 10.4 Å². The zero-order chi connectivity index (χ0) is 22.0. The summed E-state index contributed by atoms with van der Waals surface area (Å²) >= 11 is 1.60. The van der Waals surface area contributed by atoms with Crippen LogP contribution >= 0.6 is 11.3 Å². The number of carbonyl (C=O) groups excluding carboxylic acids is 1. The van der Waals surface area contributed by atoms with Crippen molar-refractivity contribution in [3.63, 3.8) is 0 Å². The molecule has 7 nitrogen and oxygen atoms in total. The van der Waals surface area contributed by atoms with Crippen LogP contribution in [-0.2, 0) is 17.6 Å². The molecule has 0 bridgehead atoms. The van der Waals surface area contributed by atoms with Crippen molar-refractivity contribution in [3.8, 4) is 5.75 Å². The van der Waals surface area contributed by atoms with Crippen molar-refractivity contribution < 1.29 is 9.53 Å². The maximum atomic E-state index is 13.2. The van der Waals surface area contributed by atoms with Gasteiger partial charge in [0.15, 0.2) is 0 Å². The van der Waals surface area contributed by atoms with Crippen molar-refractivity contribution in [3.05, 3.63) is 57.0 Å². The van der Waals surface area contributed by atoms with E-state index >= 15 is 0 Å². The molecule has 162 valence electrons. The number of hydrogen-bond donors (Lipinski definition) is 1. The lowest BCUT2D eigenvalue weighted by Crippen LogP contribution is -2.34. The first kappa shape index (κ1) is 21.2. The average molecular weight is 439 g/mol. The minimum absolute atomic E-state index is 0.162. The van der Waals surface area contributed by atoms with E-state index in [1.54, 1.807) is 18.3 Å². The van der Waals surface area contributed by atoms with Crippen LogP contribution in [0.15, 0.2) is 40.5 Å². The van der Waals surface area contributed by atoms with Gasteiger partial charge in [0.1, 0.15) is 16.6 Å². The fourth-order valence-electron chi connectivity index (χ4n) is 3.88. The van der Waals surface area contributed by atoms with E-state index < -0.39 is 6.04 Å². The highest BCUT2D eigenvalue weighted by atomic mass is 32.1. The Morgan fingerprint density at radius 1 is 1.45 bits per heavy atom. The number of amides is 1.